The molecule has 7 heteroatoms. The van der Waals surface area contributed by atoms with Gasteiger partial charge in [0.05, 0.1) is 12.1 Å². The van der Waals surface area contributed by atoms with Gasteiger partial charge in [-0.2, -0.15) is 0 Å². The zero-order valence-electron chi connectivity index (χ0n) is 16.3. The summed E-state index contributed by atoms with van der Waals surface area (Å²) in [5, 5.41) is 4.98. The molecule has 1 amide bonds. The molecule has 2 aromatic heterocycles. The quantitative estimate of drug-likeness (QED) is 0.665. The van der Waals surface area contributed by atoms with E-state index >= 15 is 0 Å². The van der Waals surface area contributed by atoms with Crippen molar-refractivity contribution < 1.29 is 4.79 Å². The maximum absolute atomic E-state index is 12.2. The van der Waals surface area contributed by atoms with Crippen molar-refractivity contribution in [2.75, 3.05) is 32.7 Å². The van der Waals surface area contributed by atoms with Crippen molar-refractivity contribution in [1.82, 2.24) is 24.5 Å². The van der Waals surface area contributed by atoms with Crippen LogP contribution in [0.2, 0.25) is 0 Å². The summed E-state index contributed by atoms with van der Waals surface area (Å²) in [7, 11) is 0. The molecule has 6 nitrogen and oxygen atoms in total. The van der Waals surface area contributed by atoms with Crippen LogP contribution in [0.1, 0.15) is 23.7 Å². The highest BCUT2D eigenvalue weighted by molar-refractivity contribution is 7.15. The molecule has 1 aliphatic heterocycles. The van der Waals surface area contributed by atoms with Gasteiger partial charge in [-0.1, -0.05) is 31.2 Å². The summed E-state index contributed by atoms with van der Waals surface area (Å²) in [6, 6.07) is 8.59. The van der Waals surface area contributed by atoms with Crippen molar-refractivity contribution in [3.05, 3.63) is 58.9 Å². The van der Waals surface area contributed by atoms with E-state index < -0.39 is 0 Å². The number of piperazine rings is 1. The third-order valence-electron chi connectivity index (χ3n) is 5.32. The van der Waals surface area contributed by atoms with Gasteiger partial charge in [0.25, 0.3) is 0 Å². The highest BCUT2D eigenvalue weighted by Gasteiger charge is 2.15. The van der Waals surface area contributed by atoms with Gasteiger partial charge in [-0.25, -0.2) is 4.98 Å². The number of fused-ring (bicyclic) bond motifs is 1. The van der Waals surface area contributed by atoms with Gasteiger partial charge in [0.2, 0.25) is 5.91 Å². The van der Waals surface area contributed by atoms with Crippen molar-refractivity contribution in [2.45, 2.75) is 26.4 Å². The number of nitrogens with zero attached hydrogens (tertiary/aromatic N) is 4. The Morgan fingerprint density at radius 3 is 2.54 bits per heavy atom. The van der Waals surface area contributed by atoms with E-state index in [0.717, 1.165) is 55.5 Å². The Labute approximate surface area is 169 Å². The molecule has 3 heterocycles. The molecule has 0 saturated carbocycles. The van der Waals surface area contributed by atoms with Gasteiger partial charge in [-0.05, 0) is 17.7 Å². The number of nitrogens with one attached hydrogen (secondary N) is 1. The average molecular weight is 398 g/mol. The predicted octanol–water partition coefficient (Wildman–Crippen LogP) is 2.39. The molecule has 28 heavy (non-hydrogen) atoms. The number of carbonyl (C=O) groups is 1. The number of hydrogen-bond acceptors (Lipinski definition) is 5. The van der Waals surface area contributed by atoms with Crippen LogP contribution in [0, 0.1) is 0 Å². The topological polar surface area (TPSA) is 52.9 Å². The van der Waals surface area contributed by atoms with Crippen LogP contribution in [0.3, 0.4) is 0 Å². The molecule has 1 saturated heterocycles. The Bertz CT molecular complexity index is 880. The van der Waals surface area contributed by atoms with Crippen molar-refractivity contribution in [3.63, 3.8) is 0 Å². The molecule has 1 fully saturated rings. The number of hydrogen-bond donors (Lipinski definition) is 1. The normalized spacial score (nSPS) is 15.9. The number of carbonyl (C=O) groups excluding carboxylic acids is 1. The molecule has 0 bridgehead atoms. The fraction of sp³-hybridized carbons (Fsp3) is 0.429. The van der Waals surface area contributed by atoms with Gasteiger partial charge in [-0.15, -0.1) is 11.3 Å². The largest absolute Gasteiger partial charge is 0.352 e. The highest BCUT2D eigenvalue weighted by Crippen LogP contribution is 2.12. The van der Waals surface area contributed by atoms with Gasteiger partial charge >= 0.3 is 0 Å². The first-order valence-corrected chi connectivity index (χ1v) is 10.8. The fourth-order valence-corrected chi connectivity index (χ4v) is 4.29. The Morgan fingerprint density at radius 2 is 1.82 bits per heavy atom. The Balaban J connectivity index is 1.23. The second kappa shape index (κ2) is 8.86. The molecule has 4 rings (SSSR count). The first-order valence-electron chi connectivity index (χ1n) is 9.90. The summed E-state index contributed by atoms with van der Waals surface area (Å²) in [6.45, 7) is 9.52. The first kappa shape index (κ1) is 19.1. The summed E-state index contributed by atoms with van der Waals surface area (Å²) < 4.78 is 1.95. The number of likely N-dealkylation sites (N-methyl/N-ethyl adjacent to an activating group) is 1. The van der Waals surface area contributed by atoms with Gasteiger partial charge < -0.3 is 10.2 Å². The molecular formula is C21H27N5OS. The summed E-state index contributed by atoms with van der Waals surface area (Å²) >= 11 is 1.57. The summed E-state index contributed by atoms with van der Waals surface area (Å²) in [6.07, 6.45) is 4.19. The highest BCUT2D eigenvalue weighted by atomic mass is 32.1. The van der Waals surface area contributed by atoms with Gasteiger partial charge in [0.1, 0.15) is 0 Å². The van der Waals surface area contributed by atoms with E-state index in [9.17, 15) is 4.79 Å². The summed E-state index contributed by atoms with van der Waals surface area (Å²) in [5.74, 6) is 0.00336. The van der Waals surface area contributed by atoms with Crippen molar-refractivity contribution in [2.24, 2.45) is 0 Å². The molecule has 0 atom stereocenters. The molecule has 148 valence electrons. The van der Waals surface area contributed by atoms with E-state index in [1.165, 1.54) is 5.56 Å². The second-order valence-corrected chi connectivity index (χ2v) is 8.18. The standard InChI is InChI=1S/C21H27N5OS/c1-2-24-7-9-25(10-8-24)15-18-5-3-17(4-6-18)14-22-20(27)13-19-16-26-11-12-28-21(26)23-19/h3-6,11-12,16H,2,7-10,13-15H2,1H3,(H,22,27). The lowest BCUT2D eigenvalue weighted by Crippen LogP contribution is -2.45. The Kier molecular flexibility index (Phi) is 6.04. The van der Waals surface area contributed by atoms with Crippen LogP contribution in [-0.2, 0) is 24.3 Å². The SMILES string of the molecule is CCN1CCN(Cc2ccc(CNC(=O)Cc3cn4ccsc4n3)cc2)CC1. The van der Waals surface area contributed by atoms with Crippen LogP contribution >= 0.6 is 11.3 Å². The van der Waals surface area contributed by atoms with Crippen LogP contribution in [0.4, 0.5) is 0 Å². The number of rotatable bonds is 7. The van der Waals surface area contributed by atoms with Crippen LogP contribution in [-0.4, -0.2) is 57.8 Å². The van der Waals surface area contributed by atoms with E-state index in [1.54, 1.807) is 11.3 Å². The van der Waals surface area contributed by atoms with Crippen LogP contribution in [0.25, 0.3) is 4.96 Å². The molecule has 1 aliphatic rings. The monoisotopic (exact) mass is 397 g/mol. The third-order valence-corrected chi connectivity index (χ3v) is 6.09. The molecule has 1 aromatic carbocycles. The van der Waals surface area contributed by atoms with Crippen molar-refractivity contribution in [1.29, 1.82) is 0 Å². The van der Waals surface area contributed by atoms with Crippen LogP contribution in [0.5, 0.6) is 0 Å². The van der Waals surface area contributed by atoms with E-state index in [0.29, 0.717) is 13.0 Å². The lowest BCUT2D eigenvalue weighted by atomic mass is 10.1. The second-order valence-electron chi connectivity index (χ2n) is 7.31. The van der Waals surface area contributed by atoms with Crippen LogP contribution < -0.4 is 5.32 Å². The molecule has 1 N–H and O–H groups in total. The smallest absolute Gasteiger partial charge is 0.226 e. The van der Waals surface area contributed by atoms with Gasteiger partial charge in [0, 0.05) is 57.0 Å². The molecule has 0 aliphatic carbocycles. The minimum Gasteiger partial charge on any atom is -0.352 e. The van der Waals surface area contributed by atoms with Crippen molar-refractivity contribution >= 4 is 22.2 Å². The molecular weight excluding hydrogens is 370 g/mol. The summed E-state index contributed by atoms with van der Waals surface area (Å²) in [5.41, 5.74) is 3.26. The zero-order valence-corrected chi connectivity index (χ0v) is 17.1. The van der Waals surface area contributed by atoms with Crippen LogP contribution in [0.15, 0.2) is 42.0 Å². The number of imidazole rings is 1. The van der Waals surface area contributed by atoms with E-state index in [4.69, 9.17) is 0 Å². The molecule has 0 spiro atoms. The fourth-order valence-electron chi connectivity index (χ4n) is 3.57. The number of thiazole rings is 1. The molecule has 3 aromatic rings. The maximum atomic E-state index is 12.2. The minimum absolute atomic E-state index is 0.00336. The predicted molar refractivity (Wildman–Crippen MR) is 112 cm³/mol. The van der Waals surface area contributed by atoms with Crippen molar-refractivity contribution in [3.8, 4) is 0 Å². The lowest BCUT2D eigenvalue weighted by Gasteiger charge is -2.34. The Hall–Kier alpha value is -2.22. The van der Waals surface area contributed by atoms with E-state index in [1.807, 2.05) is 22.2 Å². The summed E-state index contributed by atoms with van der Waals surface area (Å²) in [4.78, 5) is 22.6. The number of benzene rings is 1. The third kappa shape index (κ3) is 4.79. The van der Waals surface area contributed by atoms with E-state index in [-0.39, 0.29) is 5.91 Å². The molecule has 0 unspecified atom stereocenters. The number of aromatic nitrogens is 2. The Morgan fingerprint density at radius 1 is 1.11 bits per heavy atom. The van der Waals surface area contributed by atoms with Gasteiger partial charge in [0.15, 0.2) is 4.96 Å². The first-order chi connectivity index (χ1) is 13.7. The van der Waals surface area contributed by atoms with Gasteiger partial charge in [-0.3, -0.25) is 14.1 Å². The van der Waals surface area contributed by atoms with E-state index in [2.05, 4.69) is 51.3 Å². The maximum Gasteiger partial charge on any atom is 0.226 e. The minimum atomic E-state index is 0.00336. The molecule has 0 radical (unpaired) electrons. The number of amides is 1. The lowest BCUT2D eigenvalue weighted by molar-refractivity contribution is -0.120. The zero-order chi connectivity index (χ0) is 19.3. The average Bonchev–Trinajstić information content (AvgIpc) is 3.30.